The fraction of sp³-hybridized carbons (Fsp3) is 0.471. The molecule has 1 aromatic heterocycles. The third-order valence-corrected chi connectivity index (χ3v) is 4.66. The maximum absolute atomic E-state index is 4.77. The van der Waals surface area contributed by atoms with Crippen LogP contribution in [-0.4, -0.2) is 30.0 Å². The highest BCUT2D eigenvalue weighted by atomic mass is 15.1. The highest BCUT2D eigenvalue weighted by Crippen LogP contribution is 2.27. The molecular weight excluding hydrogens is 260 g/mol. The molecular formula is C17H22N4. The topological polar surface area (TPSA) is 52.2 Å². The van der Waals surface area contributed by atoms with Gasteiger partial charge in [0.15, 0.2) is 0 Å². The van der Waals surface area contributed by atoms with Crippen LogP contribution in [0.5, 0.6) is 0 Å². The van der Waals surface area contributed by atoms with Crippen molar-refractivity contribution in [1.29, 1.82) is 0 Å². The summed E-state index contributed by atoms with van der Waals surface area (Å²) < 4.78 is 0. The van der Waals surface area contributed by atoms with Crippen molar-refractivity contribution in [2.24, 2.45) is 4.99 Å². The summed E-state index contributed by atoms with van der Waals surface area (Å²) in [6, 6.07) is 9.28. The fourth-order valence-electron chi connectivity index (χ4n) is 3.57. The van der Waals surface area contributed by atoms with Crippen LogP contribution in [0.2, 0.25) is 0 Å². The van der Waals surface area contributed by atoms with Crippen molar-refractivity contribution in [3.05, 3.63) is 36.0 Å². The minimum Gasteiger partial charge on any atom is -0.369 e. The van der Waals surface area contributed by atoms with Crippen LogP contribution < -0.4 is 10.6 Å². The Morgan fingerprint density at radius 1 is 1.14 bits per heavy atom. The Labute approximate surface area is 125 Å². The summed E-state index contributed by atoms with van der Waals surface area (Å²) in [7, 11) is 0. The average molecular weight is 282 g/mol. The Morgan fingerprint density at radius 2 is 2.00 bits per heavy atom. The second kappa shape index (κ2) is 5.53. The SMILES string of the molecule is c1ccc2c(C3NCCN=C3NC3CCCC3)c[nH]c2c1. The van der Waals surface area contributed by atoms with E-state index in [2.05, 4.69) is 46.1 Å². The van der Waals surface area contributed by atoms with Crippen molar-refractivity contribution in [3.8, 4) is 0 Å². The predicted octanol–water partition coefficient (Wildman–Crippen LogP) is 2.74. The van der Waals surface area contributed by atoms with Gasteiger partial charge in [0.25, 0.3) is 0 Å². The van der Waals surface area contributed by atoms with Gasteiger partial charge in [-0.1, -0.05) is 31.0 Å². The lowest BCUT2D eigenvalue weighted by Gasteiger charge is -2.27. The number of hydrogen-bond donors (Lipinski definition) is 3. The highest BCUT2D eigenvalue weighted by Gasteiger charge is 2.26. The first-order valence-electron chi connectivity index (χ1n) is 8.02. The molecule has 2 aliphatic rings. The van der Waals surface area contributed by atoms with Crippen LogP contribution in [0.4, 0.5) is 0 Å². The molecule has 110 valence electrons. The molecule has 4 nitrogen and oxygen atoms in total. The minimum absolute atomic E-state index is 0.190. The van der Waals surface area contributed by atoms with Gasteiger partial charge in [-0.2, -0.15) is 0 Å². The van der Waals surface area contributed by atoms with E-state index in [1.165, 1.54) is 42.1 Å². The summed E-state index contributed by atoms with van der Waals surface area (Å²) in [5, 5.41) is 8.61. The quantitative estimate of drug-likeness (QED) is 0.793. The Balaban J connectivity index is 1.65. The number of nitrogens with one attached hydrogen (secondary N) is 3. The molecule has 2 aromatic rings. The lowest BCUT2D eigenvalue weighted by molar-refractivity contribution is 0.560. The van der Waals surface area contributed by atoms with Gasteiger partial charge in [-0.3, -0.25) is 4.99 Å². The summed E-state index contributed by atoms with van der Waals surface area (Å²) >= 11 is 0. The fourth-order valence-corrected chi connectivity index (χ4v) is 3.57. The molecule has 1 aliphatic carbocycles. The first-order valence-corrected chi connectivity index (χ1v) is 8.02. The van der Waals surface area contributed by atoms with Crippen LogP contribution in [0.25, 0.3) is 10.9 Å². The van der Waals surface area contributed by atoms with Gasteiger partial charge >= 0.3 is 0 Å². The molecule has 4 rings (SSSR count). The Morgan fingerprint density at radius 3 is 2.90 bits per heavy atom. The second-order valence-electron chi connectivity index (χ2n) is 6.07. The third-order valence-electron chi connectivity index (χ3n) is 4.66. The molecule has 0 saturated heterocycles. The van der Waals surface area contributed by atoms with Gasteiger partial charge in [-0.15, -0.1) is 0 Å². The number of H-pyrrole nitrogens is 1. The molecule has 0 radical (unpaired) electrons. The molecule has 1 fully saturated rings. The van der Waals surface area contributed by atoms with Crippen molar-refractivity contribution >= 4 is 16.7 Å². The lowest BCUT2D eigenvalue weighted by Crippen LogP contribution is -2.45. The summed E-state index contributed by atoms with van der Waals surface area (Å²) in [5.74, 6) is 1.12. The molecule has 4 heteroatoms. The van der Waals surface area contributed by atoms with Gasteiger partial charge in [0.1, 0.15) is 5.84 Å². The number of benzene rings is 1. The van der Waals surface area contributed by atoms with Gasteiger partial charge < -0.3 is 15.6 Å². The molecule has 1 aliphatic heterocycles. The summed E-state index contributed by atoms with van der Waals surface area (Å²) in [6.07, 6.45) is 7.37. The van der Waals surface area contributed by atoms with E-state index in [1.807, 2.05) is 0 Å². The number of aliphatic imine (C=N–C) groups is 1. The summed E-state index contributed by atoms with van der Waals surface area (Å²) in [4.78, 5) is 8.14. The number of nitrogens with zero attached hydrogens (tertiary/aromatic N) is 1. The van der Waals surface area contributed by atoms with E-state index >= 15 is 0 Å². The number of amidine groups is 1. The number of fused-ring (bicyclic) bond motifs is 1. The van der Waals surface area contributed by atoms with Gasteiger partial charge in [-0.05, 0) is 18.9 Å². The average Bonchev–Trinajstić information content (AvgIpc) is 3.17. The molecule has 0 amide bonds. The first-order chi connectivity index (χ1) is 10.4. The third kappa shape index (κ3) is 2.44. The number of para-hydroxylation sites is 1. The van der Waals surface area contributed by atoms with Gasteiger partial charge in [0.2, 0.25) is 0 Å². The first kappa shape index (κ1) is 12.9. The molecule has 0 spiro atoms. The van der Waals surface area contributed by atoms with Crippen molar-refractivity contribution < 1.29 is 0 Å². The van der Waals surface area contributed by atoms with E-state index in [1.54, 1.807) is 0 Å². The Bertz CT molecular complexity index is 652. The van der Waals surface area contributed by atoms with E-state index in [0.29, 0.717) is 6.04 Å². The van der Waals surface area contributed by atoms with Crippen molar-refractivity contribution in [3.63, 3.8) is 0 Å². The predicted molar refractivity (Wildman–Crippen MR) is 86.7 cm³/mol. The number of aromatic amines is 1. The Hall–Kier alpha value is -1.81. The molecule has 1 unspecified atom stereocenters. The van der Waals surface area contributed by atoms with E-state index in [0.717, 1.165) is 18.9 Å². The number of aromatic nitrogens is 1. The van der Waals surface area contributed by atoms with Crippen molar-refractivity contribution in [2.45, 2.75) is 37.8 Å². The normalized spacial score (nSPS) is 23.4. The van der Waals surface area contributed by atoms with Crippen LogP contribution in [0.3, 0.4) is 0 Å². The van der Waals surface area contributed by atoms with E-state index in [-0.39, 0.29) is 6.04 Å². The second-order valence-corrected chi connectivity index (χ2v) is 6.07. The smallest absolute Gasteiger partial charge is 0.119 e. The van der Waals surface area contributed by atoms with Crippen LogP contribution in [0, 0.1) is 0 Å². The molecule has 3 N–H and O–H groups in total. The molecule has 0 bridgehead atoms. The van der Waals surface area contributed by atoms with Crippen LogP contribution in [-0.2, 0) is 0 Å². The summed E-state index contributed by atoms with van der Waals surface area (Å²) in [6.45, 7) is 1.81. The lowest BCUT2D eigenvalue weighted by atomic mass is 10.0. The van der Waals surface area contributed by atoms with Crippen molar-refractivity contribution in [2.75, 3.05) is 13.1 Å². The highest BCUT2D eigenvalue weighted by molar-refractivity contribution is 5.95. The van der Waals surface area contributed by atoms with Crippen LogP contribution >= 0.6 is 0 Å². The monoisotopic (exact) mass is 282 g/mol. The molecule has 1 saturated carbocycles. The number of rotatable bonds is 2. The van der Waals surface area contributed by atoms with Crippen LogP contribution in [0.15, 0.2) is 35.5 Å². The zero-order chi connectivity index (χ0) is 14.1. The standard InChI is InChI=1S/C17H22N4/c1-2-6-12(5-1)21-17-16(18-9-10-19-17)14-11-20-15-8-4-3-7-13(14)15/h3-4,7-8,11-12,16,18,20H,1-2,5-6,9-10H2,(H,19,21). The molecule has 2 heterocycles. The van der Waals surface area contributed by atoms with E-state index in [4.69, 9.17) is 4.99 Å². The van der Waals surface area contributed by atoms with Gasteiger partial charge in [-0.25, -0.2) is 0 Å². The van der Waals surface area contributed by atoms with E-state index in [9.17, 15) is 0 Å². The zero-order valence-electron chi connectivity index (χ0n) is 12.2. The van der Waals surface area contributed by atoms with Gasteiger partial charge in [0.05, 0.1) is 12.6 Å². The van der Waals surface area contributed by atoms with Crippen LogP contribution in [0.1, 0.15) is 37.3 Å². The molecule has 21 heavy (non-hydrogen) atoms. The molecule has 1 atom stereocenters. The maximum atomic E-state index is 4.77. The Kier molecular flexibility index (Phi) is 3.39. The number of hydrogen-bond acceptors (Lipinski definition) is 3. The maximum Gasteiger partial charge on any atom is 0.119 e. The minimum atomic E-state index is 0.190. The molecule has 1 aromatic carbocycles. The largest absolute Gasteiger partial charge is 0.369 e. The van der Waals surface area contributed by atoms with E-state index < -0.39 is 0 Å². The summed E-state index contributed by atoms with van der Waals surface area (Å²) in [5.41, 5.74) is 2.50. The van der Waals surface area contributed by atoms with Gasteiger partial charge in [0, 0.05) is 35.2 Å². The zero-order valence-corrected chi connectivity index (χ0v) is 12.2. The van der Waals surface area contributed by atoms with Crippen molar-refractivity contribution in [1.82, 2.24) is 15.6 Å².